The number of nitrogens with zero attached hydrogens (tertiary/aromatic N) is 2. The van der Waals surface area contributed by atoms with Crippen LogP contribution in [0, 0.1) is 18.8 Å². The molecule has 0 radical (unpaired) electrons. The zero-order valence-corrected chi connectivity index (χ0v) is 11.1. The van der Waals surface area contributed by atoms with Gasteiger partial charge in [0.1, 0.15) is 0 Å². The van der Waals surface area contributed by atoms with E-state index in [4.69, 9.17) is 4.42 Å². The lowest BCUT2D eigenvalue weighted by Crippen LogP contribution is -2.47. The van der Waals surface area contributed by atoms with E-state index in [1.807, 2.05) is 11.8 Å². The van der Waals surface area contributed by atoms with Crippen LogP contribution in [0.3, 0.4) is 0 Å². The minimum Gasteiger partial charge on any atom is -0.438 e. The topological polar surface area (TPSA) is 58.4 Å². The largest absolute Gasteiger partial charge is 0.438 e. The summed E-state index contributed by atoms with van der Waals surface area (Å²) in [4.78, 5) is 18.5. The van der Waals surface area contributed by atoms with Crippen molar-refractivity contribution < 1.29 is 9.21 Å². The second-order valence-electron chi connectivity index (χ2n) is 5.86. The molecule has 5 heteroatoms. The Morgan fingerprint density at radius 3 is 2.94 bits per heavy atom. The van der Waals surface area contributed by atoms with Gasteiger partial charge in [-0.2, -0.15) is 0 Å². The molecule has 1 amide bonds. The first-order valence-electron chi connectivity index (χ1n) is 6.44. The van der Waals surface area contributed by atoms with Gasteiger partial charge in [0, 0.05) is 25.2 Å². The van der Waals surface area contributed by atoms with E-state index in [-0.39, 0.29) is 11.4 Å². The second-order valence-corrected chi connectivity index (χ2v) is 5.86. The minimum atomic E-state index is -0.121. The van der Waals surface area contributed by atoms with Gasteiger partial charge in [-0.3, -0.25) is 4.79 Å². The van der Waals surface area contributed by atoms with Gasteiger partial charge in [0.05, 0.1) is 5.69 Å². The van der Waals surface area contributed by atoms with E-state index < -0.39 is 0 Å². The van der Waals surface area contributed by atoms with Crippen molar-refractivity contribution in [3.63, 3.8) is 0 Å². The lowest BCUT2D eigenvalue weighted by molar-refractivity contribution is 0.0570. The van der Waals surface area contributed by atoms with E-state index in [0.717, 1.165) is 19.6 Å². The predicted octanol–water partition coefficient (Wildman–Crippen LogP) is 1.05. The third kappa shape index (κ3) is 1.50. The van der Waals surface area contributed by atoms with Crippen LogP contribution < -0.4 is 5.32 Å². The average molecular weight is 249 g/mol. The predicted molar refractivity (Wildman–Crippen MR) is 66.2 cm³/mol. The highest BCUT2D eigenvalue weighted by molar-refractivity contribution is 5.93. The maximum atomic E-state index is 12.5. The SMILES string of the molecule is Cc1ncoc1C(=O)N1CC2CNCC2C1(C)C. The molecule has 2 atom stereocenters. The van der Waals surface area contributed by atoms with Crippen LogP contribution in [0.2, 0.25) is 0 Å². The molecule has 18 heavy (non-hydrogen) atoms. The molecule has 0 saturated carbocycles. The van der Waals surface area contributed by atoms with Crippen LogP contribution in [-0.4, -0.2) is 41.0 Å². The Morgan fingerprint density at radius 2 is 2.33 bits per heavy atom. The van der Waals surface area contributed by atoms with Gasteiger partial charge in [-0.05, 0) is 32.6 Å². The number of likely N-dealkylation sites (tertiary alicyclic amines) is 1. The molecule has 2 aliphatic rings. The number of aryl methyl sites for hydroxylation is 1. The van der Waals surface area contributed by atoms with Crippen LogP contribution in [0.15, 0.2) is 10.8 Å². The van der Waals surface area contributed by atoms with Crippen molar-refractivity contribution >= 4 is 5.91 Å². The molecule has 3 heterocycles. The van der Waals surface area contributed by atoms with E-state index in [2.05, 4.69) is 24.1 Å². The van der Waals surface area contributed by atoms with Crippen LogP contribution in [0.4, 0.5) is 0 Å². The molecular formula is C13H19N3O2. The lowest BCUT2D eigenvalue weighted by Gasteiger charge is -2.35. The summed E-state index contributed by atoms with van der Waals surface area (Å²) < 4.78 is 5.24. The minimum absolute atomic E-state index is 0.0237. The average Bonchev–Trinajstić information content (AvgIpc) is 2.96. The van der Waals surface area contributed by atoms with Gasteiger partial charge < -0.3 is 14.6 Å². The van der Waals surface area contributed by atoms with Crippen molar-refractivity contribution in [2.24, 2.45) is 11.8 Å². The molecule has 2 aliphatic heterocycles. The smallest absolute Gasteiger partial charge is 0.292 e. The van der Waals surface area contributed by atoms with E-state index in [0.29, 0.717) is 23.3 Å². The zero-order chi connectivity index (χ0) is 12.9. The summed E-state index contributed by atoms with van der Waals surface area (Å²) in [7, 11) is 0. The Hall–Kier alpha value is -1.36. The number of amides is 1. The molecule has 0 spiro atoms. The third-order valence-electron chi connectivity index (χ3n) is 4.54. The number of hydrogen-bond acceptors (Lipinski definition) is 4. The van der Waals surface area contributed by atoms with Crippen LogP contribution >= 0.6 is 0 Å². The molecular weight excluding hydrogens is 230 g/mol. The quantitative estimate of drug-likeness (QED) is 0.808. The summed E-state index contributed by atoms with van der Waals surface area (Å²) in [6.45, 7) is 8.92. The van der Waals surface area contributed by atoms with E-state index in [9.17, 15) is 4.79 Å². The summed E-state index contributed by atoms with van der Waals surface area (Å²) in [5.41, 5.74) is 0.552. The van der Waals surface area contributed by atoms with Gasteiger partial charge >= 0.3 is 0 Å². The summed E-state index contributed by atoms with van der Waals surface area (Å²) in [6, 6.07) is 0. The maximum absolute atomic E-state index is 12.5. The molecule has 2 fully saturated rings. The Balaban J connectivity index is 1.90. The molecule has 3 rings (SSSR count). The zero-order valence-electron chi connectivity index (χ0n) is 11.1. The summed E-state index contributed by atoms with van der Waals surface area (Å²) in [5, 5.41) is 3.41. The first-order chi connectivity index (χ1) is 8.51. The first-order valence-corrected chi connectivity index (χ1v) is 6.44. The summed E-state index contributed by atoms with van der Waals surface area (Å²) >= 11 is 0. The highest BCUT2D eigenvalue weighted by atomic mass is 16.3. The van der Waals surface area contributed by atoms with Crippen LogP contribution in [-0.2, 0) is 0 Å². The van der Waals surface area contributed by atoms with Crippen LogP contribution in [0.25, 0.3) is 0 Å². The molecule has 5 nitrogen and oxygen atoms in total. The Labute approximate surface area is 107 Å². The molecule has 2 unspecified atom stereocenters. The van der Waals surface area contributed by atoms with Crippen molar-refractivity contribution in [3.05, 3.63) is 17.8 Å². The standard InChI is InChI=1S/C13H19N3O2/c1-8-11(18-7-15-8)12(17)16-6-9-4-14-5-10(9)13(16,2)3/h7,9-10,14H,4-6H2,1-3H3. The number of oxazole rings is 1. The Morgan fingerprint density at radius 1 is 1.56 bits per heavy atom. The number of nitrogens with one attached hydrogen (secondary N) is 1. The van der Waals surface area contributed by atoms with Crippen molar-refractivity contribution in [1.82, 2.24) is 15.2 Å². The molecule has 0 bridgehead atoms. The van der Waals surface area contributed by atoms with E-state index in [1.54, 1.807) is 0 Å². The summed E-state index contributed by atoms with van der Waals surface area (Å²) in [5.74, 6) is 1.46. The molecule has 1 aromatic rings. The highest BCUT2D eigenvalue weighted by Gasteiger charge is 2.51. The number of hydrogen-bond donors (Lipinski definition) is 1. The maximum Gasteiger partial charge on any atom is 0.292 e. The Kier molecular flexibility index (Phi) is 2.48. The van der Waals surface area contributed by atoms with Gasteiger partial charge in [-0.1, -0.05) is 0 Å². The summed E-state index contributed by atoms with van der Waals surface area (Å²) in [6.07, 6.45) is 1.34. The molecule has 2 saturated heterocycles. The van der Waals surface area contributed by atoms with Crippen molar-refractivity contribution in [3.8, 4) is 0 Å². The van der Waals surface area contributed by atoms with Crippen LogP contribution in [0.5, 0.6) is 0 Å². The molecule has 98 valence electrons. The van der Waals surface area contributed by atoms with Gasteiger partial charge in [-0.25, -0.2) is 4.98 Å². The fourth-order valence-corrected chi connectivity index (χ4v) is 3.40. The van der Waals surface area contributed by atoms with Crippen molar-refractivity contribution in [1.29, 1.82) is 0 Å². The number of carbonyl (C=O) groups is 1. The van der Waals surface area contributed by atoms with E-state index in [1.165, 1.54) is 6.39 Å². The third-order valence-corrected chi connectivity index (χ3v) is 4.54. The number of fused-ring (bicyclic) bond motifs is 1. The Bertz CT molecular complexity index is 480. The molecule has 0 aliphatic carbocycles. The van der Waals surface area contributed by atoms with Crippen molar-refractivity contribution in [2.45, 2.75) is 26.3 Å². The first kappa shape index (κ1) is 11.7. The molecule has 1 aromatic heterocycles. The van der Waals surface area contributed by atoms with Gasteiger partial charge in [0.15, 0.2) is 6.39 Å². The monoisotopic (exact) mass is 249 g/mol. The molecule has 1 N–H and O–H groups in total. The van der Waals surface area contributed by atoms with Crippen molar-refractivity contribution in [2.75, 3.05) is 19.6 Å². The van der Waals surface area contributed by atoms with Gasteiger partial charge in [0.25, 0.3) is 5.91 Å². The molecule has 0 aromatic carbocycles. The fourth-order valence-electron chi connectivity index (χ4n) is 3.40. The van der Waals surface area contributed by atoms with E-state index >= 15 is 0 Å². The van der Waals surface area contributed by atoms with Gasteiger partial charge in [0.2, 0.25) is 5.76 Å². The normalized spacial score (nSPS) is 29.6. The lowest BCUT2D eigenvalue weighted by atomic mass is 9.85. The number of carbonyl (C=O) groups excluding carboxylic acids is 1. The number of aromatic nitrogens is 1. The number of rotatable bonds is 1. The second kappa shape index (κ2) is 3.82. The van der Waals surface area contributed by atoms with Gasteiger partial charge in [-0.15, -0.1) is 0 Å². The fraction of sp³-hybridized carbons (Fsp3) is 0.692. The highest BCUT2D eigenvalue weighted by Crippen LogP contribution is 2.41. The van der Waals surface area contributed by atoms with Crippen LogP contribution in [0.1, 0.15) is 30.1 Å².